The zero-order chi connectivity index (χ0) is 22.1. The van der Waals surface area contributed by atoms with Crippen LogP contribution in [0.5, 0.6) is 0 Å². The summed E-state index contributed by atoms with van der Waals surface area (Å²) in [5.41, 5.74) is 1.98. The van der Waals surface area contributed by atoms with E-state index in [1.807, 2.05) is 0 Å². The highest BCUT2D eigenvalue weighted by Gasteiger charge is 2.29. The van der Waals surface area contributed by atoms with Crippen molar-refractivity contribution in [3.8, 4) is 0 Å². The van der Waals surface area contributed by atoms with Crippen molar-refractivity contribution < 1.29 is 23.1 Å². The molecule has 12 heteroatoms. The van der Waals surface area contributed by atoms with Gasteiger partial charge in [-0.05, 0) is 42.0 Å². The van der Waals surface area contributed by atoms with Gasteiger partial charge in [0.05, 0.1) is 5.02 Å². The second kappa shape index (κ2) is 8.52. The maximum absolute atomic E-state index is 12.5. The molecule has 3 rings (SSSR count). The Labute approximate surface area is 182 Å². The van der Waals surface area contributed by atoms with Gasteiger partial charge in [0.25, 0.3) is 10.2 Å². The molecular formula is C18H16Cl2N4O5S. The molecule has 2 aromatic carbocycles. The number of carboxylic acid groups (broad SMARTS) is 1. The largest absolute Gasteiger partial charge is 0.480 e. The Morgan fingerprint density at radius 3 is 2.40 bits per heavy atom. The molecule has 0 spiro atoms. The Morgan fingerprint density at radius 1 is 1.17 bits per heavy atom. The van der Waals surface area contributed by atoms with E-state index >= 15 is 0 Å². The average molecular weight is 471 g/mol. The SMILES string of the molecule is NS(=O)(=O)Nc1ccc(NC(=O)/C=C2\CC(C(=O)O)Nc3cc(Cl)cc(Cl)c32)cc1. The second-order valence-corrected chi connectivity index (χ2v) is 8.57. The zero-order valence-electron chi connectivity index (χ0n) is 15.1. The molecule has 0 radical (unpaired) electrons. The van der Waals surface area contributed by atoms with Gasteiger partial charge in [-0.3, -0.25) is 9.52 Å². The third kappa shape index (κ3) is 5.42. The molecule has 9 nitrogen and oxygen atoms in total. The van der Waals surface area contributed by atoms with Gasteiger partial charge in [0.2, 0.25) is 5.91 Å². The lowest BCUT2D eigenvalue weighted by molar-refractivity contribution is -0.137. The fourth-order valence-corrected chi connectivity index (χ4v) is 4.06. The van der Waals surface area contributed by atoms with Gasteiger partial charge in [0.1, 0.15) is 6.04 Å². The summed E-state index contributed by atoms with van der Waals surface area (Å²) in [6.45, 7) is 0. The summed E-state index contributed by atoms with van der Waals surface area (Å²) in [5, 5.41) is 20.4. The minimum absolute atomic E-state index is 0.0360. The molecule has 0 bridgehead atoms. The number of benzene rings is 2. The first-order valence-corrected chi connectivity index (χ1v) is 10.7. The van der Waals surface area contributed by atoms with Gasteiger partial charge >= 0.3 is 5.97 Å². The zero-order valence-corrected chi connectivity index (χ0v) is 17.5. The van der Waals surface area contributed by atoms with Gasteiger partial charge in [-0.2, -0.15) is 8.42 Å². The van der Waals surface area contributed by atoms with E-state index in [2.05, 4.69) is 15.4 Å². The summed E-state index contributed by atoms with van der Waals surface area (Å²) in [6.07, 6.45) is 1.31. The molecule has 1 aliphatic heterocycles. The van der Waals surface area contributed by atoms with Crippen molar-refractivity contribution in [1.82, 2.24) is 0 Å². The molecule has 0 aliphatic carbocycles. The molecule has 1 atom stereocenters. The van der Waals surface area contributed by atoms with Crippen LogP contribution < -0.4 is 20.5 Å². The van der Waals surface area contributed by atoms with E-state index in [1.165, 1.54) is 36.4 Å². The normalized spacial score (nSPS) is 17.0. The summed E-state index contributed by atoms with van der Waals surface area (Å²) >= 11 is 12.3. The molecule has 0 fully saturated rings. The van der Waals surface area contributed by atoms with Gasteiger partial charge in [-0.25, -0.2) is 9.93 Å². The highest BCUT2D eigenvalue weighted by molar-refractivity contribution is 7.90. The van der Waals surface area contributed by atoms with E-state index < -0.39 is 28.1 Å². The first kappa shape index (κ1) is 21.9. The number of rotatable bonds is 5. The lowest BCUT2D eigenvalue weighted by Crippen LogP contribution is -2.33. The number of hydrogen-bond donors (Lipinski definition) is 5. The minimum atomic E-state index is -3.90. The number of halogens is 2. The van der Waals surface area contributed by atoms with Gasteiger partial charge in [-0.1, -0.05) is 23.2 Å². The number of hydrogen-bond acceptors (Lipinski definition) is 5. The van der Waals surface area contributed by atoms with Crippen LogP contribution in [0.15, 0.2) is 42.5 Å². The Morgan fingerprint density at radius 2 is 1.80 bits per heavy atom. The summed E-state index contributed by atoms with van der Waals surface area (Å²) in [4.78, 5) is 24.0. The van der Waals surface area contributed by atoms with Crippen molar-refractivity contribution >= 4 is 67.9 Å². The van der Waals surface area contributed by atoms with Crippen molar-refractivity contribution in [3.63, 3.8) is 0 Å². The molecular weight excluding hydrogens is 455 g/mol. The van der Waals surface area contributed by atoms with E-state index in [0.717, 1.165) is 0 Å². The quantitative estimate of drug-likeness (QED) is 0.423. The second-order valence-electron chi connectivity index (χ2n) is 6.43. The number of aliphatic carboxylic acids is 1. The van der Waals surface area contributed by atoms with Crippen LogP contribution in [-0.2, 0) is 19.8 Å². The summed E-state index contributed by atoms with van der Waals surface area (Å²) in [5.74, 6) is -1.60. The van der Waals surface area contributed by atoms with Crippen molar-refractivity contribution in [3.05, 3.63) is 58.1 Å². The Bertz CT molecular complexity index is 1150. The Balaban J connectivity index is 1.85. The highest BCUT2D eigenvalue weighted by atomic mass is 35.5. The number of carboxylic acids is 1. The standard InChI is InChI=1S/C18H16Cl2N4O5S/c19-10-7-13(20)17-9(5-15(18(26)27)23-14(17)8-10)6-16(25)22-11-1-3-12(4-2-11)24-30(21,28)29/h1-4,6-8,15,23-24H,5H2,(H,22,25)(H,26,27)(H2,21,28,29)/b9-6+. The molecule has 1 unspecified atom stereocenters. The van der Waals surface area contributed by atoms with Crippen molar-refractivity contribution in [2.24, 2.45) is 5.14 Å². The van der Waals surface area contributed by atoms with E-state index in [0.29, 0.717) is 27.5 Å². The van der Waals surface area contributed by atoms with Crippen LogP contribution in [0, 0.1) is 0 Å². The number of nitrogens with two attached hydrogens (primary N) is 1. The van der Waals surface area contributed by atoms with Crippen LogP contribution in [0.4, 0.5) is 17.1 Å². The predicted octanol–water partition coefficient (Wildman–Crippen LogP) is 2.90. The average Bonchev–Trinajstić information content (AvgIpc) is 2.61. The van der Waals surface area contributed by atoms with Crippen molar-refractivity contribution in [1.29, 1.82) is 0 Å². The van der Waals surface area contributed by atoms with Crippen molar-refractivity contribution in [2.75, 3.05) is 15.4 Å². The molecule has 2 aromatic rings. The van der Waals surface area contributed by atoms with E-state index in [9.17, 15) is 23.1 Å². The lowest BCUT2D eigenvalue weighted by atomic mass is 9.92. The Hall–Kier alpha value is -2.79. The fourth-order valence-electron chi connectivity index (χ4n) is 2.98. The molecule has 0 saturated carbocycles. The monoisotopic (exact) mass is 470 g/mol. The maximum atomic E-state index is 12.5. The third-order valence-electron chi connectivity index (χ3n) is 4.15. The molecule has 0 aromatic heterocycles. The molecule has 1 aliphatic rings. The molecule has 1 amide bonds. The number of carbonyl (C=O) groups is 2. The van der Waals surface area contributed by atoms with E-state index in [1.54, 1.807) is 6.07 Å². The van der Waals surface area contributed by atoms with Gasteiger partial charge in [0, 0.05) is 40.1 Å². The van der Waals surface area contributed by atoms with Crippen LogP contribution in [0.1, 0.15) is 12.0 Å². The van der Waals surface area contributed by atoms with Crippen LogP contribution >= 0.6 is 23.2 Å². The smallest absolute Gasteiger partial charge is 0.326 e. The first-order valence-electron chi connectivity index (χ1n) is 8.43. The van der Waals surface area contributed by atoms with Crippen LogP contribution in [0.2, 0.25) is 10.0 Å². The molecule has 6 N–H and O–H groups in total. The van der Waals surface area contributed by atoms with Crippen molar-refractivity contribution in [2.45, 2.75) is 12.5 Å². The first-order chi connectivity index (χ1) is 14.0. The summed E-state index contributed by atoms with van der Waals surface area (Å²) in [7, 11) is -3.90. The minimum Gasteiger partial charge on any atom is -0.480 e. The van der Waals surface area contributed by atoms with E-state index in [4.69, 9.17) is 28.3 Å². The molecule has 30 heavy (non-hydrogen) atoms. The lowest BCUT2D eigenvalue weighted by Gasteiger charge is -2.27. The molecule has 1 heterocycles. The number of nitrogens with one attached hydrogen (secondary N) is 3. The summed E-state index contributed by atoms with van der Waals surface area (Å²) < 4.78 is 24.2. The van der Waals surface area contributed by atoms with Gasteiger partial charge in [-0.15, -0.1) is 0 Å². The predicted molar refractivity (Wildman–Crippen MR) is 116 cm³/mol. The fraction of sp³-hybridized carbons (Fsp3) is 0.111. The topological polar surface area (TPSA) is 151 Å². The number of carbonyl (C=O) groups excluding carboxylic acids is 1. The van der Waals surface area contributed by atoms with Gasteiger partial charge in [0.15, 0.2) is 0 Å². The summed E-state index contributed by atoms with van der Waals surface area (Å²) in [6, 6.07) is 7.91. The molecule has 158 valence electrons. The number of anilines is 3. The number of fused-ring (bicyclic) bond motifs is 1. The highest BCUT2D eigenvalue weighted by Crippen LogP contribution is 2.40. The van der Waals surface area contributed by atoms with Gasteiger partial charge < -0.3 is 15.7 Å². The maximum Gasteiger partial charge on any atom is 0.326 e. The van der Waals surface area contributed by atoms with Crippen LogP contribution in [0.3, 0.4) is 0 Å². The Kier molecular flexibility index (Phi) is 6.22. The van der Waals surface area contributed by atoms with E-state index in [-0.39, 0.29) is 17.1 Å². The number of amides is 1. The van der Waals surface area contributed by atoms with Crippen LogP contribution in [0.25, 0.3) is 5.57 Å². The van der Waals surface area contributed by atoms with Crippen LogP contribution in [-0.4, -0.2) is 31.4 Å². The molecule has 0 saturated heterocycles. The third-order valence-corrected chi connectivity index (χ3v) is 5.18.